The van der Waals surface area contributed by atoms with E-state index in [1.54, 1.807) is 74.5 Å². The van der Waals surface area contributed by atoms with Crippen LogP contribution in [-0.2, 0) is 46.3 Å². The number of nitrogens with zero attached hydrogens (tertiary/aromatic N) is 1. The number of carbonyl (C=O) groups is 5. The predicted octanol–water partition coefficient (Wildman–Crippen LogP) is 2.58. The summed E-state index contributed by atoms with van der Waals surface area (Å²) in [4.78, 5) is 69.7. The second-order valence-electron chi connectivity index (χ2n) is 14.0. The summed E-state index contributed by atoms with van der Waals surface area (Å²) in [5.74, 6) is -4.53. The molecule has 0 radical (unpaired) electrons. The van der Waals surface area contributed by atoms with Gasteiger partial charge in [0.1, 0.15) is 23.7 Å². The van der Waals surface area contributed by atoms with Crippen LogP contribution in [0.5, 0.6) is 0 Å². The molecule has 2 heterocycles. The smallest absolute Gasteiger partial charge is 0.243 e. The van der Waals surface area contributed by atoms with Crippen molar-refractivity contribution < 1.29 is 47.2 Å². The van der Waals surface area contributed by atoms with E-state index in [-0.39, 0.29) is 48.8 Å². The first-order valence-corrected chi connectivity index (χ1v) is 17.6. The van der Waals surface area contributed by atoms with E-state index in [1.165, 1.54) is 6.92 Å². The summed E-state index contributed by atoms with van der Waals surface area (Å²) >= 11 is 0. The van der Waals surface area contributed by atoms with Gasteiger partial charge < -0.3 is 30.7 Å². The summed E-state index contributed by atoms with van der Waals surface area (Å²) in [6.07, 6.45) is 0.299. The van der Waals surface area contributed by atoms with Crippen LogP contribution in [0.25, 0.3) is 0 Å². The Morgan fingerprint density at radius 2 is 1.23 bits per heavy atom. The number of carbonyl (C=O) groups excluding carboxylic acids is 5. The number of nitrogens with one attached hydrogen (secondary N) is 4. The molecule has 0 saturated carbocycles. The van der Waals surface area contributed by atoms with Gasteiger partial charge in [0.2, 0.25) is 23.6 Å². The average molecular weight is 730 g/mol. The minimum absolute atomic E-state index is 0.0356. The molecule has 0 aliphatic carbocycles. The van der Waals surface area contributed by atoms with E-state index in [4.69, 9.17) is 18.4 Å². The van der Waals surface area contributed by atoms with Gasteiger partial charge >= 0.3 is 0 Å². The molecule has 4 amide bonds. The van der Waals surface area contributed by atoms with E-state index in [0.717, 1.165) is 5.56 Å². The van der Waals surface area contributed by atoms with Crippen molar-refractivity contribution in [2.24, 2.45) is 11.8 Å². The van der Waals surface area contributed by atoms with Crippen LogP contribution in [0.15, 0.2) is 60.7 Å². The Bertz CT molecular complexity index is 1900. The Balaban J connectivity index is 1.60. The van der Waals surface area contributed by atoms with Crippen molar-refractivity contribution in [3.8, 4) is 0 Å². The maximum absolute atomic E-state index is 14.2. The number of epoxide rings is 1. The zero-order valence-corrected chi connectivity index (χ0v) is 30.3. The third kappa shape index (κ3) is 13.1. The zero-order valence-electron chi connectivity index (χ0n) is 40.3. The molecule has 2 saturated heterocycles. The van der Waals surface area contributed by atoms with Gasteiger partial charge in [-0.3, -0.25) is 28.9 Å². The van der Waals surface area contributed by atoms with Gasteiger partial charge in [0.25, 0.3) is 0 Å². The Morgan fingerprint density at radius 3 is 1.81 bits per heavy atom. The van der Waals surface area contributed by atoms with Gasteiger partial charge in [0, 0.05) is 24.9 Å². The van der Waals surface area contributed by atoms with E-state index >= 15 is 0 Å². The number of rotatable bonds is 20. The van der Waals surface area contributed by atoms with Crippen LogP contribution in [0.3, 0.4) is 0 Å². The van der Waals surface area contributed by atoms with E-state index in [2.05, 4.69) is 26.0 Å². The van der Waals surface area contributed by atoms with Crippen molar-refractivity contribution in [3.05, 3.63) is 71.8 Å². The minimum Gasteiger partial charge on any atom is -0.379 e. The fraction of sp³-hybridized carbons (Fsp3) is 0.575. The van der Waals surface area contributed by atoms with Crippen molar-refractivity contribution in [3.63, 3.8) is 0 Å². The molecular weight excluding hydrogens is 662 g/mol. The largest absolute Gasteiger partial charge is 0.379 e. The third-order valence-corrected chi connectivity index (χ3v) is 8.46. The average Bonchev–Trinajstić information content (AvgIpc) is 3.70. The number of benzene rings is 2. The van der Waals surface area contributed by atoms with Crippen LogP contribution in [0.1, 0.15) is 78.7 Å². The number of Topliss-reactive ketones (excluding diaryl/α,β-unsaturated/α-hetero) is 1. The number of aryl methyl sites for hydroxylation is 1. The van der Waals surface area contributed by atoms with Crippen molar-refractivity contribution >= 4 is 29.4 Å². The van der Waals surface area contributed by atoms with E-state index in [0.29, 0.717) is 5.56 Å². The van der Waals surface area contributed by atoms with Crippen molar-refractivity contribution in [2.75, 3.05) is 39.2 Å². The Kier molecular flexibility index (Phi) is 10.7. The Labute approximate surface area is 322 Å². The van der Waals surface area contributed by atoms with Gasteiger partial charge in [0.05, 0.1) is 40.5 Å². The lowest BCUT2D eigenvalue weighted by atomic mass is 9.93. The predicted molar refractivity (Wildman–Crippen MR) is 198 cm³/mol. The molecule has 52 heavy (non-hydrogen) atoms. The van der Waals surface area contributed by atoms with Gasteiger partial charge in [-0.15, -0.1) is 0 Å². The van der Waals surface area contributed by atoms with Crippen LogP contribution in [0.4, 0.5) is 0 Å². The van der Waals surface area contributed by atoms with Crippen LogP contribution in [0, 0.1) is 11.8 Å². The Hall–Kier alpha value is -4.13. The quantitative estimate of drug-likeness (QED) is 0.152. The highest BCUT2D eigenvalue weighted by molar-refractivity contribution is 5.98. The first-order valence-electron chi connectivity index (χ1n) is 22.6. The first kappa shape index (κ1) is 28.4. The highest BCUT2D eigenvalue weighted by Crippen LogP contribution is 2.29. The van der Waals surface area contributed by atoms with Crippen molar-refractivity contribution in [1.82, 2.24) is 26.2 Å². The first-order chi connectivity index (χ1) is 28.5. The lowest BCUT2D eigenvalue weighted by Gasteiger charge is -2.29. The highest BCUT2D eigenvalue weighted by atomic mass is 16.6. The molecule has 284 valence electrons. The molecule has 0 aromatic heterocycles. The van der Waals surface area contributed by atoms with Gasteiger partial charge in [-0.1, -0.05) is 88.4 Å². The maximum atomic E-state index is 14.2. The SMILES string of the molecule is [2H]C1([2H])OC([2H])([2H])C([2H])([2H])N(CC(=O)N[C@@H](CCc2ccccc2)C(=O)N[C@@H](CC(C)C)C(=O)N[C@@H](Cc2ccccc2)C(=O)N[C@@H](CC(C)C)C(=O)[C@]2(C)OC2([2H])[2H])C1([2H])[2H]. The van der Waals surface area contributed by atoms with Crippen molar-refractivity contribution in [1.29, 1.82) is 0 Å². The molecule has 4 N–H and O–H groups in total. The van der Waals surface area contributed by atoms with Gasteiger partial charge in [0.15, 0.2) is 5.78 Å². The second-order valence-corrected chi connectivity index (χ2v) is 14.0. The molecule has 2 aliphatic rings. The van der Waals surface area contributed by atoms with Crippen molar-refractivity contribution in [2.45, 2.75) is 96.5 Å². The minimum atomic E-state index is -3.40. The van der Waals surface area contributed by atoms with E-state index in [1.807, 2.05) is 13.8 Å². The van der Waals surface area contributed by atoms with Crippen LogP contribution >= 0.6 is 0 Å². The number of ether oxygens (including phenoxy) is 2. The van der Waals surface area contributed by atoms with Gasteiger partial charge in [-0.2, -0.15) is 0 Å². The molecule has 0 bridgehead atoms. The molecule has 4 rings (SSSR count). The monoisotopic (exact) mass is 729 g/mol. The molecule has 5 atom stereocenters. The summed E-state index contributed by atoms with van der Waals surface area (Å²) in [5, 5.41) is 10.6. The fourth-order valence-corrected chi connectivity index (χ4v) is 5.69. The normalized spacial score (nSPS) is 27.3. The number of ketones is 1. The molecule has 0 spiro atoms. The number of hydrogen-bond donors (Lipinski definition) is 4. The van der Waals surface area contributed by atoms with Crippen LogP contribution in [0.2, 0.25) is 0 Å². The third-order valence-electron chi connectivity index (χ3n) is 8.46. The van der Waals surface area contributed by atoms with Gasteiger partial charge in [-0.05, 0) is 55.6 Å². The fourth-order valence-electron chi connectivity index (χ4n) is 5.69. The molecule has 12 heteroatoms. The van der Waals surface area contributed by atoms with Crippen LogP contribution in [-0.4, -0.2) is 103 Å². The standard InChI is InChI=1S/C40H57N5O7/c1-27(2)22-32(36(47)40(5)26-52-40)42-39(50)34(24-30-14-10-7-11-15-30)44-38(49)33(23-28(3)4)43-37(48)31(17-16-29-12-8-6-9-13-29)41-35(46)25-45-18-20-51-21-19-45/h6-15,27-28,31-34H,16-26H2,1-5H3,(H,41,46)(H,42,50)(H,43,48)(H,44,49)/t31-,32-,33-,34-,40+/m0/s1/i18D2,19D2,20D2,21D2,26D2. The van der Waals surface area contributed by atoms with Crippen LogP contribution < -0.4 is 21.3 Å². The highest BCUT2D eigenvalue weighted by Gasteiger charge is 2.50. The van der Waals surface area contributed by atoms with E-state index < -0.39 is 98.4 Å². The lowest BCUT2D eigenvalue weighted by Crippen LogP contribution is -2.59. The lowest BCUT2D eigenvalue weighted by molar-refractivity contribution is -0.135. The molecule has 2 fully saturated rings. The zero-order chi connectivity index (χ0) is 46.6. The molecule has 2 aromatic carbocycles. The molecule has 2 aliphatic heterocycles. The number of amides is 4. The molecule has 2 aromatic rings. The number of hydrogen-bond acceptors (Lipinski definition) is 8. The number of morpholine rings is 1. The summed E-state index contributed by atoms with van der Waals surface area (Å²) in [6, 6.07) is 12.4. The maximum Gasteiger partial charge on any atom is 0.243 e. The molecule has 12 nitrogen and oxygen atoms in total. The second kappa shape index (κ2) is 19.6. The summed E-state index contributed by atoms with van der Waals surface area (Å²) < 4.78 is 90.6. The van der Waals surface area contributed by atoms with E-state index in [9.17, 15) is 24.0 Å². The summed E-state index contributed by atoms with van der Waals surface area (Å²) in [7, 11) is 0. The molecular formula is C40H57N5O7. The topological polar surface area (TPSA) is 158 Å². The Morgan fingerprint density at radius 1 is 0.731 bits per heavy atom. The summed E-state index contributed by atoms with van der Waals surface area (Å²) in [6.45, 7) is -8.43. The summed E-state index contributed by atoms with van der Waals surface area (Å²) in [5.41, 5.74) is -0.365. The van der Waals surface area contributed by atoms with Gasteiger partial charge in [-0.25, -0.2) is 0 Å². The molecule has 0 unspecified atom stereocenters.